The Balaban J connectivity index is 2.21. The fourth-order valence-corrected chi connectivity index (χ4v) is 2.15. The minimum absolute atomic E-state index is 0.317. The van der Waals surface area contributed by atoms with Crippen LogP contribution in [0.5, 0.6) is 11.5 Å². The SMILES string of the molecule is Cc1cc(Oc2ccc(/C=C(\C#N)C(=O)O)cc2)cc(C)c1Cl. The maximum atomic E-state index is 10.8. The molecule has 23 heavy (non-hydrogen) atoms. The van der Waals surface area contributed by atoms with E-state index in [1.807, 2.05) is 26.0 Å². The third kappa shape index (κ3) is 4.12. The summed E-state index contributed by atoms with van der Waals surface area (Å²) in [6, 6.07) is 12.1. The van der Waals surface area contributed by atoms with Gasteiger partial charge < -0.3 is 9.84 Å². The predicted octanol–water partition coefficient (Wildman–Crippen LogP) is 4.74. The molecule has 2 aromatic carbocycles. The lowest BCUT2D eigenvalue weighted by Gasteiger charge is -2.10. The highest BCUT2D eigenvalue weighted by Gasteiger charge is 2.07. The van der Waals surface area contributed by atoms with Gasteiger partial charge in [-0.15, -0.1) is 0 Å². The van der Waals surface area contributed by atoms with Crippen LogP contribution in [0, 0.1) is 25.2 Å². The number of ether oxygens (including phenoxy) is 1. The molecule has 0 aromatic heterocycles. The molecule has 0 unspecified atom stereocenters. The molecule has 1 N–H and O–H groups in total. The molecule has 2 rings (SSSR count). The first-order valence-corrected chi connectivity index (χ1v) is 7.18. The molecule has 0 radical (unpaired) electrons. The first-order chi connectivity index (χ1) is 10.9. The zero-order valence-corrected chi connectivity index (χ0v) is 13.4. The van der Waals surface area contributed by atoms with E-state index in [2.05, 4.69) is 0 Å². The Kier molecular flexibility index (Phi) is 5.05. The van der Waals surface area contributed by atoms with Crippen molar-refractivity contribution in [3.05, 3.63) is 63.7 Å². The molecule has 2 aromatic rings. The van der Waals surface area contributed by atoms with E-state index in [9.17, 15) is 4.79 Å². The van der Waals surface area contributed by atoms with Crippen LogP contribution in [0.4, 0.5) is 0 Å². The van der Waals surface area contributed by atoms with Gasteiger partial charge >= 0.3 is 5.97 Å². The Morgan fingerprint density at radius 1 is 1.17 bits per heavy atom. The third-order valence-electron chi connectivity index (χ3n) is 3.19. The Labute approximate surface area is 139 Å². The number of rotatable bonds is 4. The number of hydrogen-bond donors (Lipinski definition) is 1. The van der Waals surface area contributed by atoms with Crippen molar-refractivity contribution in [3.8, 4) is 17.6 Å². The lowest BCUT2D eigenvalue weighted by molar-refractivity contribution is -0.132. The van der Waals surface area contributed by atoms with Crippen molar-refractivity contribution in [1.82, 2.24) is 0 Å². The minimum atomic E-state index is -1.25. The van der Waals surface area contributed by atoms with Gasteiger partial charge in [0.05, 0.1) is 0 Å². The van der Waals surface area contributed by atoms with Crippen molar-refractivity contribution < 1.29 is 14.6 Å². The summed E-state index contributed by atoms with van der Waals surface area (Å²) in [7, 11) is 0. The molecule has 0 aliphatic rings. The van der Waals surface area contributed by atoms with Gasteiger partial charge in [0.2, 0.25) is 0 Å². The Morgan fingerprint density at radius 3 is 2.22 bits per heavy atom. The molecule has 116 valence electrons. The van der Waals surface area contributed by atoms with Crippen LogP contribution in [-0.4, -0.2) is 11.1 Å². The van der Waals surface area contributed by atoms with E-state index in [-0.39, 0.29) is 5.57 Å². The molecule has 0 atom stereocenters. The van der Waals surface area contributed by atoms with E-state index in [4.69, 9.17) is 26.7 Å². The first-order valence-electron chi connectivity index (χ1n) is 6.80. The van der Waals surface area contributed by atoms with Crippen LogP contribution >= 0.6 is 11.6 Å². The lowest BCUT2D eigenvalue weighted by atomic mass is 10.1. The standard InChI is InChI=1S/C18H14ClNO3/c1-11-7-16(8-12(2)17(11)19)23-15-5-3-13(4-6-15)9-14(10-20)18(21)22/h3-9H,1-2H3,(H,21,22)/b14-9+. The zero-order chi connectivity index (χ0) is 17.0. The summed E-state index contributed by atoms with van der Waals surface area (Å²) in [5.74, 6) is 0.0352. The molecule has 0 heterocycles. The molecular weight excluding hydrogens is 314 g/mol. The van der Waals surface area contributed by atoms with Gasteiger partial charge in [0.25, 0.3) is 0 Å². The van der Waals surface area contributed by atoms with Crippen LogP contribution in [0.1, 0.15) is 16.7 Å². The van der Waals surface area contributed by atoms with Crippen LogP contribution < -0.4 is 4.74 Å². The highest BCUT2D eigenvalue weighted by Crippen LogP contribution is 2.29. The number of aliphatic carboxylic acids is 1. The predicted molar refractivity (Wildman–Crippen MR) is 88.7 cm³/mol. The van der Waals surface area contributed by atoms with Gasteiger partial charge in [-0.2, -0.15) is 5.26 Å². The smallest absolute Gasteiger partial charge is 0.346 e. The third-order valence-corrected chi connectivity index (χ3v) is 3.78. The number of nitrogens with zero attached hydrogens (tertiary/aromatic N) is 1. The van der Waals surface area contributed by atoms with E-state index < -0.39 is 5.97 Å². The van der Waals surface area contributed by atoms with Crippen molar-refractivity contribution in [2.45, 2.75) is 13.8 Å². The maximum absolute atomic E-state index is 10.8. The van der Waals surface area contributed by atoms with Crippen LogP contribution in [-0.2, 0) is 4.79 Å². The number of hydrogen-bond acceptors (Lipinski definition) is 3. The molecule has 0 aliphatic heterocycles. The van der Waals surface area contributed by atoms with E-state index in [0.717, 1.165) is 16.1 Å². The molecule has 4 nitrogen and oxygen atoms in total. The quantitative estimate of drug-likeness (QED) is 0.650. The molecule has 0 saturated heterocycles. The topological polar surface area (TPSA) is 70.3 Å². The number of nitriles is 1. The second-order valence-electron chi connectivity index (χ2n) is 5.02. The van der Waals surface area contributed by atoms with Gasteiger partial charge in [-0.1, -0.05) is 23.7 Å². The second kappa shape index (κ2) is 6.99. The molecule has 0 fully saturated rings. The highest BCUT2D eigenvalue weighted by atomic mass is 35.5. The van der Waals surface area contributed by atoms with E-state index in [1.54, 1.807) is 30.3 Å². The summed E-state index contributed by atoms with van der Waals surface area (Å²) >= 11 is 6.12. The lowest BCUT2D eigenvalue weighted by Crippen LogP contribution is -1.97. The van der Waals surface area contributed by atoms with Gasteiger partial charge in [0, 0.05) is 5.02 Å². The summed E-state index contributed by atoms with van der Waals surface area (Å²) in [5.41, 5.74) is 2.16. The van der Waals surface area contributed by atoms with Crippen LogP contribution in [0.15, 0.2) is 42.0 Å². The van der Waals surface area contributed by atoms with E-state index in [1.165, 1.54) is 6.08 Å². The number of carboxylic acid groups (broad SMARTS) is 1. The van der Waals surface area contributed by atoms with Gasteiger partial charge in [0.15, 0.2) is 0 Å². The highest BCUT2D eigenvalue weighted by molar-refractivity contribution is 6.32. The van der Waals surface area contributed by atoms with Gasteiger partial charge in [-0.25, -0.2) is 4.79 Å². The molecule has 0 aliphatic carbocycles. The number of aryl methyl sites for hydroxylation is 2. The van der Waals surface area contributed by atoms with Gasteiger partial charge in [-0.3, -0.25) is 0 Å². The number of benzene rings is 2. The number of carboxylic acids is 1. The second-order valence-corrected chi connectivity index (χ2v) is 5.40. The van der Waals surface area contributed by atoms with Crippen LogP contribution in [0.25, 0.3) is 6.08 Å². The number of carbonyl (C=O) groups is 1. The maximum Gasteiger partial charge on any atom is 0.346 e. The molecule has 0 bridgehead atoms. The van der Waals surface area contributed by atoms with Crippen LogP contribution in [0.2, 0.25) is 5.02 Å². The molecule has 5 heteroatoms. The summed E-state index contributed by atoms with van der Waals surface area (Å²) in [5, 5.41) is 18.3. The average molecular weight is 328 g/mol. The fraction of sp³-hybridized carbons (Fsp3) is 0.111. The first kappa shape index (κ1) is 16.6. The minimum Gasteiger partial charge on any atom is -0.477 e. The monoisotopic (exact) mass is 327 g/mol. The number of halogens is 1. The van der Waals surface area contributed by atoms with Crippen molar-refractivity contribution in [1.29, 1.82) is 5.26 Å². The van der Waals surface area contributed by atoms with Crippen molar-refractivity contribution in [3.63, 3.8) is 0 Å². The Hall–Kier alpha value is -2.77. The molecule has 0 amide bonds. The summed E-state index contributed by atoms with van der Waals surface area (Å²) in [4.78, 5) is 10.8. The average Bonchev–Trinajstić information content (AvgIpc) is 2.51. The van der Waals surface area contributed by atoms with Gasteiger partial charge in [0.1, 0.15) is 23.1 Å². The summed E-state index contributed by atoms with van der Waals surface area (Å²) < 4.78 is 5.77. The normalized spacial score (nSPS) is 11.0. The summed E-state index contributed by atoms with van der Waals surface area (Å²) in [6.45, 7) is 3.82. The summed E-state index contributed by atoms with van der Waals surface area (Å²) in [6.07, 6.45) is 1.31. The van der Waals surface area contributed by atoms with Crippen LogP contribution in [0.3, 0.4) is 0 Å². The molecule has 0 spiro atoms. The molecular formula is C18H14ClNO3. The van der Waals surface area contributed by atoms with Crippen molar-refractivity contribution >= 4 is 23.6 Å². The molecule has 0 saturated carbocycles. The fourth-order valence-electron chi connectivity index (χ4n) is 2.04. The largest absolute Gasteiger partial charge is 0.477 e. The Bertz CT molecular complexity index is 794. The zero-order valence-electron chi connectivity index (χ0n) is 12.6. The van der Waals surface area contributed by atoms with E-state index in [0.29, 0.717) is 17.1 Å². The van der Waals surface area contributed by atoms with E-state index >= 15 is 0 Å². The van der Waals surface area contributed by atoms with Crippen molar-refractivity contribution in [2.24, 2.45) is 0 Å². The Morgan fingerprint density at radius 2 is 1.74 bits per heavy atom. The van der Waals surface area contributed by atoms with Gasteiger partial charge in [-0.05, 0) is 60.9 Å². The van der Waals surface area contributed by atoms with Crippen molar-refractivity contribution in [2.75, 3.05) is 0 Å².